The fraction of sp³-hybridized carbons (Fsp3) is 0.615. The SMILES string of the molecule is CCc1cc(B2OC(C)(C)C(C)(C)O2)cnc1F. The minimum atomic E-state index is -0.478. The molecule has 1 aliphatic rings. The number of aryl methyl sites for hydroxylation is 1. The van der Waals surface area contributed by atoms with E-state index < -0.39 is 24.3 Å². The molecule has 3 nitrogen and oxygen atoms in total. The first kappa shape index (κ1) is 13.5. The molecule has 0 unspecified atom stereocenters. The minimum absolute atomic E-state index is 0.390. The van der Waals surface area contributed by atoms with E-state index in [4.69, 9.17) is 9.31 Å². The second-order valence-corrected chi connectivity index (χ2v) is 5.66. The van der Waals surface area contributed by atoms with Crippen molar-refractivity contribution in [1.82, 2.24) is 4.98 Å². The molecular formula is C13H19BFNO2. The lowest BCUT2D eigenvalue weighted by atomic mass is 9.79. The Morgan fingerprint density at radius 3 is 2.28 bits per heavy atom. The summed E-state index contributed by atoms with van der Waals surface area (Å²) in [5, 5.41) is 0. The van der Waals surface area contributed by atoms with Gasteiger partial charge in [0, 0.05) is 17.2 Å². The molecule has 5 heteroatoms. The molecule has 2 rings (SSSR count). The number of rotatable bonds is 2. The summed E-state index contributed by atoms with van der Waals surface area (Å²) in [6.07, 6.45) is 2.09. The number of nitrogens with zero attached hydrogens (tertiary/aromatic N) is 1. The number of hydrogen-bond acceptors (Lipinski definition) is 3. The summed E-state index contributed by atoms with van der Waals surface area (Å²) >= 11 is 0. The van der Waals surface area contributed by atoms with Crippen molar-refractivity contribution in [1.29, 1.82) is 0 Å². The van der Waals surface area contributed by atoms with E-state index in [2.05, 4.69) is 4.98 Å². The number of hydrogen-bond donors (Lipinski definition) is 0. The maximum absolute atomic E-state index is 13.4. The van der Waals surface area contributed by atoms with Gasteiger partial charge in [-0.2, -0.15) is 4.39 Å². The fourth-order valence-corrected chi connectivity index (χ4v) is 1.87. The molecule has 2 heterocycles. The second kappa shape index (κ2) is 4.32. The molecule has 0 aliphatic carbocycles. The second-order valence-electron chi connectivity index (χ2n) is 5.66. The Hall–Kier alpha value is -0.935. The van der Waals surface area contributed by atoms with Gasteiger partial charge in [-0.05, 0) is 34.1 Å². The largest absolute Gasteiger partial charge is 0.496 e. The van der Waals surface area contributed by atoms with Crippen LogP contribution in [0.2, 0.25) is 0 Å². The highest BCUT2D eigenvalue weighted by atomic mass is 19.1. The molecule has 1 aromatic rings. The lowest BCUT2D eigenvalue weighted by Crippen LogP contribution is -2.41. The van der Waals surface area contributed by atoms with E-state index in [1.165, 1.54) is 6.20 Å². The van der Waals surface area contributed by atoms with Crippen LogP contribution in [-0.2, 0) is 15.7 Å². The molecule has 0 amide bonds. The molecule has 0 saturated carbocycles. The van der Waals surface area contributed by atoms with E-state index in [0.29, 0.717) is 12.0 Å². The lowest BCUT2D eigenvalue weighted by Gasteiger charge is -2.32. The molecule has 0 bridgehead atoms. The zero-order valence-electron chi connectivity index (χ0n) is 11.6. The summed E-state index contributed by atoms with van der Waals surface area (Å²) in [7, 11) is -0.478. The zero-order chi connectivity index (χ0) is 13.6. The van der Waals surface area contributed by atoms with Gasteiger partial charge in [-0.15, -0.1) is 0 Å². The summed E-state index contributed by atoms with van der Waals surface area (Å²) < 4.78 is 25.2. The van der Waals surface area contributed by atoms with Crippen molar-refractivity contribution in [3.05, 3.63) is 23.8 Å². The van der Waals surface area contributed by atoms with E-state index in [1.807, 2.05) is 34.6 Å². The maximum Gasteiger partial charge on any atom is 0.496 e. The normalized spacial score (nSPS) is 21.3. The van der Waals surface area contributed by atoms with Crippen molar-refractivity contribution < 1.29 is 13.7 Å². The van der Waals surface area contributed by atoms with E-state index in [-0.39, 0.29) is 0 Å². The average Bonchev–Trinajstić information content (AvgIpc) is 2.49. The summed E-state index contributed by atoms with van der Waals surface area (Å²) in [5.74, 6) is -0.419. The van der Waals surface area contributed by atoms with E-state index in [0.717, 1.165) is 5.46 Å². The molecule has 0 radical (unpaired) electrons. The van der Waals surface area contributed by atoms with Crippen LogP contribution >= 0.6 is 0 Å². The fourth-order valence-electron chi connectivity index (χ4n) is 1.87. The van der Waals surface area contributed by atoms with Gasteiger partial charge in [0.25, 0.3) is 0 Å². The van der Waals surface area contributed by atoms with Crippen molar-refractivity contribution in [2.24, 2.45) is 0 Å². The molecule has 0 spiro atoms. The van der Waals surface area contributed by atoms with Crippen LogP contribution in [0.1, 0.15) is 40.2 Å². The summed E-state index contributed by atoms with van der Waals surface area (Å²) in [5.41, 5.74) is 0.575. The zero-order valence-corrected chi connectivity index (χ0v) is 11.6. The number of halogens is 1. The van der Waals surface area contributed by atoms with Gasteiger partial charge in [-0.25, -0.2) is 4.98 Å². The smallest absolute Gasteiger partial charge is 0.399 e. The first-order valence-corrected chi connectivity index (χ1v) is 6.27. The Balaban J connectivity index is 2.30. The Morgan fingerprint density at radius 2 is 1.78 bits per heavy atom. The first-order chi connectivity index (χ1) is 8.27. The van der Waals surface area contributed by atoms with Gasteiger partial charge in [0.15, 0.2) is 0 Å². The van der Waals surface area contributed by atoms with Gasteiger partial charge in [0.1, 0.15) is 0 Å². The summed E-state index contributed by atoms with van der Waals surface area (Å²) in [6.45, 7) is 9.86. The standard InChI is InChI=1S/C13H19BFNO2/c1-6-9-7-10(8-16-11(9)15)14-17-12(2,3)13(4,5)18-14/h7-8H,6H2,1-5H3. The van der Waals surface area contributed by atoms with Crippen LogP contribution < -0.4 is 5.46 Å². The molecule has 1 aliphatic heterocycles. The third kappa shape index (κ3) is 2.17. The minimum Gasteiger partial charge on any atom is -0.399 e. The Morgan fingerprint density at radius 1 is 1.22 bits per heavy atom. The Bertz CT molecular complexity index is 446. The third-order valence-corrected chi connectivity index (χ3v) is 3.84. The van der Waals surface area contributed by atoms with Crippen molar-refractivity contribution in [3.8, 4) is 0 Å². The van der Waals surface area contributed by atoms with Crippen molar-refractivity contribution >= 4 is 12.6 Å². The number of aromatic nitrogens is 1. The molecule has 0 N–H and O–H groups in total. The van der Waals surface area contributed by atoms with Gasteiger partial charge in [-0.3, -0.25) is 0 Å². The van der Waals surface area contributed by atoms with Crippen molar-refractivity contribution in [2.45, 2.75) is 52.2 Å². The third-order valence-electron chi connectivity index (χ3n) is 3.84. The molecule has 0 atom stereocenters. The molecule has 0 aromatic carbocycles. The Labute approximate surface area is 108 Å². The van der Waals surface area contributed by atoms with Crippen LogP contribution in [0.3, 0.4) is 0 Å². The van der Waals surface area contributed by atoms with E-state index in [9.17, 15) is 4.39 Å². The van der Waals surface area contributed by atoms with Crippen molar-refractivity contribution in [3.63, 3.8) is 0 Å². The van der Waals surface area contributed by atoms with E-state index in [1.54, 1.807) is 6.07 Å². The van der Waals surface area contributed by atoms with Crippen LogP contribution in [0.15, 0.2) is 12.3 Å². The highest BCUT2D eigenvalue weighted by Gasteiger charge is 2.51. The molecule has 1 fully saturated rings. The molecule has 98 valence electrons. The molecule has 18 heavy (non-hydrogen) atoms. The average molecular weight is 251 g/mol. The predicted octanol–water partition coefficient (Wildman–Crippen LogP) is 2.08. The molecule has 1 aromatic heterocycles. The van der Waals surface area contributed by atoms with Crippen LogP contribution in [0.4, 0.5) is 4.39 Å². The summed E-state index contributed by atoms with van der Waals surface area (Å²) in [4.78, 5) is 3.76. The highest BCUT2D eigenvalue weighted by molar-refractivity contribution is 6.62. The predicted molar refractivity (Wildman–Crippen MR) is 69.3 cm³/mol. The maximum atomic E-state index is 13.4. The first-order valence-electron chi connectivity index (χ1n) is 6.27. The van der Waals surface area contributed by atoms with Crippen molar-refractivity contribution in [2.75, 3.05) is 0 Å². The van der Waals surface area contributed by atoms with Crippen LogP contribution in [0, 0.1) is 5.95 Å². The topological polar surface area (TPSA) is 31.4 Å². The van der Waals surface area contributed by atoms with Gasteiger partial charge in [-0.1, -0.05) is 13.0 Å². The highest BCUT2D eigenvalue weighted by Crippen LogP contribution is 2.36. The molecular weight excluding hydrogens is 232 g/mol. The van der Waals surface area contributed by atoms with Crippen LogP contribution in [0.25, 0.3) is 0 Å². The number of pyridine rings is 1. The van der Waals surface area contributed by atoms with Gasteiger partial charge >= 0.3 is 7.12 Å². The molecule has 1 saturated heterocycles. The summed E-state index contributed by atoms with van der Waals surface area (Å²) in [6, 6.07) is 1.77. The van der Waals surface area contributed by atoms with Crippen LogP contribution in [0.5, 0.6) is 0 Å². The van der Waals surface area contributed by atoms with Gasteiger partial charge < -0.3 is 9.31 Å². The monoisotopic (exact) mass is 251 g/mol. The van der Waals surface area contributed by atoms with Gasteiger partial charge in [0.2, 0.25) is 5.95 Å². The van der Waals surface area contributed by atoms with E-state index >= 15 is 0 Å². The Kier molecular flexibility index (Phi) is 3.24. The van der Waals surface area contributed by atoms with Gasteiger partial charge in [0.05, 0.1) is 11.2 Å². The lowest BCUT2D eigenvalue weighted by molar-refractivity contribution is 0.00578. The quantitative estimate of drug-likeness (QED) is 0.595. The van der Waals surface area contributed by atoms with Crippen LogP contribution in [-0.4, -0.2) is 23.3 Å².